The van der Waals surface area contributed by atoms with E-state index in [0.717, 1.165) is 18.8 Å². The summed E-state index contributed by atoms with van der Waals surface area (Å²) >= 11 is 0. The minimum absolute atomic E-state index is 0. The van der Waals surface area contributed by atoms with Gasteiger partial charge >= 0.3 is 0 Å². The number of piperidine rings is 1. The Hall–Kier alpha value is -1.92. The molecule has 1 saturated heterocycles. The van der Waals surface area contributed by atoms with E-state index in [1.54, 1.807) is 0 Å². The summed E-state index contributed by atoms with van der Waals surface area (Å²) in [4.78, 5) is 13.6. The number of nitrogens with one attached hydrogen (secondary N) is 2. The molecular formula is C14H16ClN5O. The van der Waals surface area contributed by atoms with Crippen LogP contribution in [0.1, 0.15) is 10.5 Å². The van der Waals surface area contributed by atoms with Crippen molar-refractivity contribution in [2.24, 2.45) is 11.8 Å². The Labute approximate surface area is 128 Å². The van der Waals surface area contributed by atoms with E-state index in [1.165, 1.54) is 11.0 Å². The molecule has 7 heteroatoms. The quantitative estimate of drug-likeness (QED) is 0.873. The number of halogens is 1. The molecule has 1 aliphatic carbocycles. The number of amides is 1. The maximum Gasteiger partial charge on any atom is 0.273 e. The van der Waals surface area contributed by atoms with E-state index in [4.69, 9.17) is 0 Å². The van der Waals surface area contributed by atoms with Gasteiger partial charge in [-0.1, -0.05) is 18.2 Å². The van der Waals surface area contributed by atoms with Crippen LogP contribution >= 0.6 is 12.4 Å². The second-order valence-electron chi connectivity index (χ2n) is 5.34. The van der Waals surface area contributed by atoms with E-state index in [0.29, 0.717) is 23.6 Å². The highest BCUT2D eigenvalue weighted by Gasteiger charge is 2.53. The largest absolute Gasteiger partial charge is 0.347 e. The van der Waals surface area contributed by atoms with Crippen LogP contribution in [-0.4, -0.2) is 40.0 Å². The molecule has 2 heterocycles. The molecule has 0 bridgehead atoms. The highest BCUT2D eigenvalue weighted by molar-refractivity contribution is 5.92. The lowest BCUT2D eigenvalue weighted by atomic mass is 10.3. The lowest BCUT2D eigenvalue weighted by Gasteiger charge is -2.05. The summed E-state index contributed by atoms with van der Waals surface area (Å²) in [7, 11) is 0. The van der Waals surface area contributed by atoms with Gasteiger partial charge in [-0.15, -0.1) is 17.5 Å². The number of aromatic nitrogens is 3. The molecule has 6 nitrogen and oxygen atoms in total. The Morgan fingerprint density at radius 1 is 1.24 bits per heavy atom. The van der Waals surface area contributed by atoms with Gasteiger partial charge in [-0.2, -0.15) is 9.90 Å². The third-order valence-corrected chi connectivity index (χ3v) is 4.10. The zero-order valence-electron chi connectivity index (χ0n) is 11.3. The summed E-state index contributed by atoms with van der Waals surface area (Å²) in [6, 6.07) is 9.87. The molecule has 1 amide bonds. The SMILES string of the molecule is Cl.O=C(NC1C2CNCC21)c1cnn(-c2ccccc2)n1. The zero-order valence-corrected chi connectivity index (χ0v) is 12.1. The number of nitrogens with zero attached hydrogens (tertiary/aromatic N) is 3. The third-order valence-electron chi connectivity index (χ3n) is 4.10. The minimum Gasteiger partial charge on any atom is -0.347 e. The monoisotopic (exact) mass is 305 g/mol. The molecule has 2 N–H and O–H groups in total. The molecule has 110 valence electrons. The molecule has 2 atom stereocenters. The first-order valence-corrected chi connectivity index (χ1v) is 6.82. The predicted molar refractivity (Wildman–Crippen MR) is 79.7 cm³/mol. The summed E-state index contributed by atoms with van der Waals surface area (Å²) in [6.07, 6.45) is 1.51. The molecule has 0 radical (unpaired) electrons. The summed E-state index contributed by atoms with van der Waals surface area (Å²) in [5.41, 5.74) is 1.21. The van der Waals surface area contributed by atoms with Crippen LogP contribution in [0.3, 0.4) is 0 Å². The van der Waals surface area contributed by atoms with Crippen LogP contribution in [0.5, 0.6) is 0 Å². The molecule has 1 aliphatic heterocycles. The molecule has 4 rings (SSSR count). The van der Waals surface area contributed by atoms with Crippen molar-refractivity contribution >= 4 is 18.3 Å². The average molecular weight is 306 g/mol. The summed E-state index contributed by atoms with van der Waals surface area (Å²) in [5, 5.41) is 14.7. The first-order chi connectivity index (χ1) is 9.83. The molecule has 0 spiro atoms. The van der Waals surface area contributed by atoms with Crippen molar-refractivity contribution in [2.45, 2.75) is 6.04 Å². The average Bonchev–Trinajstić information content (AvgIpc) is 2.96. The molecule has 2 unspecified atom stereocenters. The van der Waals surface area contributed by atoms with Gasteiger partial charge in [0.1, 0.15) is 0 Å². The van der Waals surface area contributed by atoms with E-state index >= 15 is 0 Å². The Kier molecular flexibility index (Phi) is 3.65. The van der Waals surface area contributed by atoms with Crippen molar-refractivity contribution in [3.05, 3.63) is 42.2 Å². The van der Waals surface area contributed by atoms with Gasteiger partial charge in [-0.25, -0.2) is 0 Å². The molecule has 2 aliphatic rings. The normalized spacial score (nSPS) is 25.8. The number of hydrogen-bond acceptors (Lipinski definition) is 4. The lowest BCUT2D eigenvalue weighted by molar-refractivity contribution is 0.0941. The molecule has 1 aromatic carbocycles. The van der Waals surface area contributed by atoms with E-state index in [9.17, 15) is 4.79 Å². The number of para-hydroxylation sites is 1. The van der Waals surface area contributed by atoms with Crippen LogP contribution < -0.4 is 10.6 Å². The molecular weight excluding hydrogens is 290 g/mol. The van der Waals surface area contributed by atoms with Crippen LogP contribution in [0, 0.1) is 11.8 Å². The number of benzene rings is 1. The number of carbonyl (C=O) groups excluding carboxylic acids is 1. The van der Waals surface area contributed by atoms with Crippen molar-refractivity contribution in [1.82, 2.24) is 25.6 Å². The van der Waals surface area contributed by atoms with Crippen LogP contribution in [0.4, 0.5) is 0 Å². The first-order valence-electron chi connectivity index (χ1n) is 6.82. The Morgan fingerprint density at radius 2 is 1.95 bits per heavy atom. The predicted octanol–water partition coefficient (Wildman–Crippen LogP) is 0.637. The maximum absolute atomic E-state index is 12.1. The van der Waals surface area contributed by atoms with Gasteiger partial charge in [0.2, 0.25) is 0 Å². The van der Waals surface area contributed by atoms with Gasteiger partial charge in [0, 0.05) is 19.1 Å². The van der Waals surface area contributed by atoms with E-state index in [-0.39, 0.29) is 18.3 Å². The standard InChI is InChI=1S/C14H15N5O.ClH/c20-14(17-13-10-6-15-7-11(10)13)12-8-16-19(18-12)9-4-2-1-3-5-9;/h1-5,8,10-11,13,15H,6-7H2,(H,17,20);1H. The molecule has 21 heavy (non-hydrogen) atoms. The fourth-order valence-electron chi connectivity index (χ4n) is 2.91. The van der Waals surface area contributed by atoms with Crippen LogP contribution in [0.2, 0.25) is 0 Å². The van der Waals surface area contributed by atoms with Gasteiger partial charge in [0.25, 0.3) is 5.91 Å². The topological polar surface area (TPSA) is 71.8 Å². The van der Waals surface area contributed by atoms with E-state index in [2.05, 4.69) is 20.8 Å². The van der Waals surface area contributed by atoms with Gasteiger partial charge in [-0.05, 0) is 24.0 Å². The van der Waals surface area contributed by atoms with Crippen LogP contribution in [0.25, 0.3) is 5.69 Å². The zero-order chi connectivity index (χ0) is 13.5. The molecule has 1 saturated carbocycles. The Balaban J connectivity index is 0.00000132. The van der Waals surface area contributed by atoms with Crippen molar-refractivity contribution in [3.8, 4) is 5.69 Å². The van der Waals surface area contributed by atoms with Gasteiger partial charge in [0.15, 0.2) is 5.69 Å². The smallest absolute Gasteiger partial charge is 0.273 e. The molecule has 2 aromatic rings. The van der Waals surface area contributed by atoms with Crippen LogP contribution in [0.15, 0.2) is 36.5 Å². The fourth-order valence-corrected chi connectivity index (χ4v) is 2.91. The molecule has 2 fully saturated rings. The number of carbonyl (C=O) groups is 1. The minimum atomic E-state index is -0.133. The van der Waals surface area contributed by atoms with E-state index in [1.807, 2.05) is 30.3 Å². The third kappa shape index (κ3) is 2.52. The van der Waals surface area contributed by atoms with E-state index < -0.39 is 0 Å². The van der Waals surface area contributed by atoms with Crippen LogP contribution in [-0.2, 0) is 0 Å². The highest BCUT2D eigenvalue weighted by atomic mass is 35.5. The Bertz CT molecular complexity index is 634. The summed E-state index contributed by atoms with van der Waals surface area (Å²) in [6.45, 7) is 2.01. The second kappa shape index (κ2) is 5.46. The van der Waals surface area contributed by atoms with Gasteiger partial charge in [-0.3, -0.25) is 4.79 Å². The van der Waals surface area contributed by atoms with Gasteiger partial charge in [0.05, 0.1) is 11.9 Å². The lowest BCUT2D eigenvalue weighted by Crippen LogP contribution is -2.32. The Morgan fingerprint density at radius 3 is 2.67 bits per heavy atom. The number of rotatable bonds is 3. The highest BCUT2D eigenvalue weighted by Crippen LogP contribution is 2.41. The van der Waals surface area contributed by atoms with Crippen molar-refractivity contribution in [1.29, 1.82) is 0 Å². The summed E-state index contributed by atoms with van der Waals surface area (Å²) < 4.78 is 0. The second-order valence-corrected chi connectivity index (χ2v) is 5.34. The fraction of sp³-hybridized carbons (Fsp3) is 0.357. The van der Waals surface area contributed by atoms with Crippen molar-refractivity contribution in [3.63, 3.8) is 0 Å². The van der Waals surface area contributed by atoms with Crippen molar-refractivity contribution < 1.29 is 4.79 Å². The van der Waals surface area contributed by atoms with Crippen molar-refractivity contribution in [2.75, 3.05) is 13.1 Å². The number of fused-ring (bicyclic) bond motifs is 1. The summed E-state index contributed by atoms with van der Waals surface area (Å²) in [5.74, 6) is 1.07. The molecule has 1 aromatic heterocycles. The maximum atomic E-state index is 12.1. The van der Waals surface area contributed by atoms with Gasteiger partial charge < -0.3 is 10.6 Å². The first kappa shape index (κ1) is 14.0. The number of hydrogen-bond donors (Lipinski definition) is 2.